The molecular weight excluding hydrogens is 505 g/mol. The number of alkyl halides is 3. The van der Waals surface area contributed by atoms with Crippen molar-refractivity contribution in [3.63, 3.8) is 0 Å². The molecule has 1 amide bonds. The molecule has 0 spiro atoms. The molecule has 3 atom stereocenters. The van der Waals surface area contributed by atoms with Gasteiger partial charge in [-0.1, -0.05) is 71.4 Å². The number of thioether (sulfide) groups is 2. The number of esters is 1. The number of hydrogen-bond donors (Lipinski definition) is 1. The summed E-state index contributed by atoms with van der Waals surface area (Å²) in [6.07, 6.45) is 1.61. The third-order valence-corrected chi connectivity index (χ3v) is 6.63. The topological polar surface area (TPSA) is 90.9 Å². The highest BCUT2D eigenvalue weighted by Gasteiger charge is 2.47. The van der Waals surface area contributed by atoms with Gasteiger partial charge < -0.3 is 19.5 Å². The van der Waals surface area contributed by atoms with Crippen LogP contribution in [0.4, 0.5) is 0 Å². The molecule has 1 fully saturated rings. The van der Waals surface area contributed by atoms with Crippen LogP contribution in [0, 0.1) is 5.92 Å². The molecule has 1 N–H and O–H groups in total. The van der Waals surface area contributed by atoms with Crippen LogP contribution >= 0.6 is 70.5 Å². The third-order valence-electron chi connectivity index (χ3n) is 3.43. The van der Waals surface area contributed by atoms with Gasteiger partial charge in [0.05, 0.1) is 17.9 Å². The van der Waals surface area contributed by atoms with Gasteiger partial charge in [-0.25, -0.2) is 0 Å². The SMILES string of the molecule is C=CCOC(=O)CCCSC(=S)S[C@H]1NC(=O)[C@H]1C(COC=O)OCC(Cl)(Cl)Cl. The predicted octanol–water partition coefficient (Wildman–Crippen LogP) is 3.25. The monoisotopic (exact) mass is 523 g/mol. The molecule has 0 saturated carbocycles. The molecule has 13 heteroatoms. The first-order chi connectivity index (χ1) is 13.7. The smallest absolute Gasteiger partial charge is 0.306 e. The lowest BCUT2D eigenvalue weighted by Crippen LogP contribution is -2.62. The van der Waals surface area contributed by atoms with Crippen molar-refractivity contribution in [3.8, 4) is 0 Å². The van der Waals surface area contributed by atoms with Crippen molar-refractivity contribution >= 4 is 92.4 Å². The molecule has 1 aliphatic rings. The van der Waals surface area contributed by atoms with E-state index in [0.29, 0.717) is 15.7 Å². The summed E-state index contributed by atoms with van der Waals surface area (Å²) in [5.41, 5.74) is 0. The van der Waals surface area contributed by atoms with E-state index in [1.165, 1.54) is 29.6 Å². The maximum absolute atomic E-state index is 12.0. The van der Waals surface area contributed by atoms with Crippen molar-refractivity contribution in [1.82, 2.24) is 5.32 Å². The van der Waals surface area contributed by atoms with Gasteiger partial charge in [0.15, 0.2) is 0 Å². The zero-order valence-corrected chi connectivity index (χ0v) is 19.9. The number of β-lactam (4-membered cyclic amide) rings is 1. The van der Waals surface area contributed by atoms with Crippen molar-refractivity contribution in [2.24, 2.45) is 5.92 Å². The Morgan fingerprint density at radius 2 is 2.14 bits per heavy atom. The summed E-state index contributed by atoms with van der Waals surface area (Å²) >= 11 is 25.0. The molecule has 0 aromatic heterocycles. The fraction of sp³-hybridized carbons (Fsp3) is 0.625. The molecule has 1 rings (SSSR count). The quantitative estimate of drug-likeness (QED) is 0.0741. The van der Waals surface area contributed by atoms with Crippen LogP contribution in [0.15, 0.2) is 12.7 Å². The largest absolute Gasteiger partial charge is 0.465 e. The highest BCUT2D eigenvalue weighted by molar-refractivity contribution is 8.47. The Kier molecular flexibility index (Phi) is 12.9. The van der Waals surface area contributed by atoms with Gasteiger partial charge in [-0.15, -0.1) is 11.8 Å². The lowest BCUT2D eigenvalue weighted by molar-refractivity contribution is -0.148. The lowest BCUT2D eigenvalue weighted by Gasteiger charge is -2.40. The normalized spacial score (nSPS) is 19.5. The lowest BCUT2D eigenvalue weighted by atomic mass is 9.95. The second-order valence-corrected chi connectivity index (χ2v) is 11.6. The summed E-state index contributed by atoms with van der Waals surface area (Å²) in [7, 11) is 0. The molecule has 164 valence electrons. The second kappa shape index (κ2) is 14.0. The summed E-state index contributed by atoms with van der Waals surface area (Å²) in [5.74, 6) is -0.565. The zero-order chi connectivity index (χ0) is 21.9. The number of hydrogen-bond acceptors (Lipinski definition) is 9. The van der Waals surface area contributed by atoms with Crippen LogP contribution in [0.25, 0.3) is 0 Å². The Labute approximate surface area is 197 Å². The summed E-state index contributed by atoms with van der Waals surface area (Å²) in [4.78, 5) is 33.9. The molecule has 0 aliphatic carbocycles. The van der Waals surface area contributed by atoms with E-state index >= 15 is 0 Å². The van der Waals surface area contributed by atoms with Crippen LogP contribution in [0.1, 0.15) is 12.8 Å². The van der Waals surface area contributed by atoms with E-state index in [2.05, 4.69) is 11.9 Å². The third kappa shape index (κ3) is 11.1. The van der Waals surface area contributed by atoms with Crippen LogP contribution in [-0.4, -0.2) is 62.7 Å². The minimum Gasteiger partial charge on any atom is -0.465 e. The highest BCUT2D eigenvalue weighted by atomic mass is 35.6. The standard InChI is InChI=1S/C16H20Cl3NO6S3/c1-2-5-25-11(22)4-3-6-28-15(27)29-14-12(13(23)20-14)10(7-24-9-21)26-8-16(17,18)19/h2,9-10,12,14H,1,3-8H2,(H,20,23)/t10?,12-,14-/m1/s1. The fourth-order valence-corrected chi connectivity index (χ4v) is 5.03. The predicted molar refractivity (Wildman–Crippen MR) is 121 cm³/mol. The van der Waals surface area contributed by atoms with E-state index in [0.717, 1.165) is 0 Å². The first kappa shape index (κ1) is 26.8. The van der Waals surface area contributed by atoms with Gasteiger partial charge in [-0.2, -0.15) is 0 Å². The molecule has 1 aliphatic heterocycles. The van der Waals surface area contributed by atoms with E-state index in [1.807, 2.05) is 0 Å². The Morgan fingerprint density at radius 3 is 2.72 bits per heavy atom. The molecule has 0 aromatic rings. The number of halogens is 3. The van der Waals surface area contributed by atoms with Gasteiger partial charge in [0.25, 0.3) is 6.47 Å². The maximum atomic E-state index is 12.0. The van der Waals surface area contributed by atoms with Crippen LogP contribution in [0.2, 0.25) is 0 Å². The minimum atomic E-state index is -1.67. The van der Waals surface area contributed by atoms with Crippen LogP contribution in [0.3, 0.4) is 0 Å². The summed E-state index contributed by atoms with van der Waals surface area (Å²) < 4.78 is 14.0. The highest BCUT2D eigenvalue weighted by Crippen LogP contribution is 2.35. The molecule has 1 heterocycles. The summed E-state index contributed by atoms with van der Waals surface area (Å²) in [6, 6.07) is 0. The number of rotatable bonds is 13. The molecular formula is C16H20Cl3NO6S3. The van der Waals surface area contributed by atoms with Crippen LogP contribution in [-0.2, 0) is 28.6 Å². The Balaban J connectivity index is 2.45. The average molecular weight is 525 g/mol. The zero-order valence-electron chi connectivity index (χ0n) is 15.1. The summed E-state index contributed by atoms with van der Waals surface area (Å²) in [5, 5.41) is 2.36. The van der Waals surface area contributed by atoms with E-state index in [4.69, 9.17) is 61.2 Å². The number of amides is 1. The molecule has 0 aromatic carbocycles. The maximum Gasteiger partial charge on any atom is 0.306 e. The van der Waals surface area contributed by atoms with E-state index < -0.39 is 15.8 Å². The molecule has 0 radical (unpaired) electrons. The minimum absolute atomic E-state index is 0.161. The van der Waals surface area contributed by atoms with Gasteiger partial charge in [0.2, 0.25) is 9.70 Å². The molecule has 29 heavy (non-hydrogen) atoms. The molecule has 0 bridgehead atoms. The fourth-order valence-electron chi connectivity index (χ4n) is 2.16. The number of nitrogens with one attached hydrogen (secondary N) is 1. The average Bonchev–Trinajstić information content (AvgIpc) is 2.64. The van der Waals surface area contributed by atoms with Crippen LogP contribution in [0.5, 0.6) is 0 Å². The summed E-state index contributed by atoms with van der Waals surface area (Å²) in [6.45, 7) is 3.49. The number of carbonyl (C=O) groups excluding carboxylic acids is 3. The van der Waals surface area contributed by atoms with E-state index in [-0.39, 0.29) is 50.0 Å². The molecule has 1 saturated heterocycles. The Bertz CT molecular complexity index is 605. The Morgan fingerprint density at radius 1 is 1.41 bits per heavy atom. The van der Waals surface area contributed by atoms with Crippen molar-refractivity contribution < 1.29 is 28.6 Å². The van der Waals surface area contributed by atoms with Gasteiger partial charge >= 0.3 is 5.97 Å². The number of ether oxygens (including phenoxy) is 3. The first-order valence-electron chi connectivity index (χ1n) is 8.32. The van der Waals surface area contributed by atoms with E-state index in [1.54, 1.807) is 0 Å². The van der Waals surface area contributed by atoms with Crippen molar-refractivity contribution in [3.05, 3.63) is 12.7 Å². The Hall–Kier alpha value is -0.230. The van der Waals surface area contributed by atoms with Gasteiger partial charge in [0, 0.05) is 6.42 Å². The van der Waals surface area contributed by atoms with Gasteiger partial charge in [-0.05, 0) is 12.2 Å². The van der Waals surface area contributed by atoms with E-state index in [9.17, 15) is 14.4 Å². The number of carbonyl (C=O) groups is 3. The number of thiocarbonyl (C=S) groups is 1. The van der Waals surface area contributed by atoms with Crippen LogP contribution < -0.4 is 5.32 Å². The first-order valence-corrected chi connectivity index (χ1v) is 11.7. The van der Waals surface area contributed by atoms with Gasteiger partial charge in [-0.3, -0.25) is 14.4 Å². The second-order valence-electron chi connectivity index (χ2n) is 5.64. The van der Waals surface area contributed by atoms with Crippen molar-refractivity contribution in [1.29, 1.82) is 0 Å². The van der Waals surface area contributed by atoms with Crippen molar-refractivity contribution in [2.45, 2.75) is 28.1 Å². The van der Waals surface area contributed by atoms with Gasteiger partial charge in [0.1, 0.15) is 22.8 Å². The molecule has 7 nitrogen and oxygen atoms in total. The molecule has 1 unspecified atom stereocenters. The van der Waals surface area contributed by atoms with Crippen molar-refractivity contribution in [2.75, 3.05) is 25.6 Å².